The standard InChI is InChI=1S/C10H9ClFN3/c1-5-9(14-15-10(5)13)6-2-3-8(12)7(11)4-6/h2-4H,1H3,(H3,13,14,15). The van der Waals surface area contributed by atoms with Gasteiger partial charge in [-0.3, -0.25) is 5.10 Å². The molecule has 1 heterocycles. The third kappa shape index (κ3) is 1.68. The van der Waals surface area contributed by atoms with E-state index in [0.717, 1.165) is 16.8 Å². The molecule has 15 heavy (non-hydrogen) atoms. The highest BCUT2D eigenvalue weighted by Crippen LogP contribution is 2.27. The smallest absolute Gasteiger partial charge is 0.148 e. The molecule has 0 bridgehead atoms. The lowest BCUT2D eigenvalue weighted by molar-refractivity contribution is 0.628. The van der Waals surface area contributed by atoms with Crippen LogP contribution in [0.2, 0.25) is 5.02 Å². The minimum Gasteiger partial charge on any atom is -0.382 e. The van der Waals surface area contributed by atoms with Crippen LogP contribution < -0.4 is 5.73 Å². The number of rotatable bonds is 1. The number of halogens is 2. The van der Waals surface area contributed by atoms with Gasteiger partial charge in [0.2, 0.25) is 0 Å². The van der Waals surface area contributed by atoms with E-state index in [-0.39, 0.29) is 5.02 Å². The zero-order valence-electron chi connectivity index (χ0n) is 8.01. The SMILES string of the molecule is Cc1c(N)n[nH]c1-c1ccc(F)c(Cl)c1. The summed E-state index contributed by atoms with van der Waals surface area (Å²) in [7, 11) is 0. The van der Waals surface area contributed by atoms with Gasteiger partial charge in [-0.1, -0.05) is 11.6 Å². The van der Waals surface area contributed by atoms with Crippen LogP contribution >= 0.6 is 11.6 Å². The Morgan fingerprint density at radius 3 is 2.73 bits per heavy atom. The average Bonchev–Trinajstić information content (AvgIpc) is 2.53. The second-order valence-corrected chi connectivity index (χ2v) is 3.64. The van der Waals surface area contributed by atoms with Crippen LogP contribution in [-0.4, -0.2) is 10.2 Å². The van der Waals surface area contributed by atoms with Crippen LogP contribution in [-0.2, 0) is 0 Å². The topological polar surface area (TPSA) is 54.7 Å². The number of aromatic nitrogens is 2. The lowest BCUT2D eigenvalue weighted by Crippen LogP contribution is -1.87. The first-order valence-corrected chi connectivity index (χ1v) is 4.73. The molecular formula is C10H9ClFN3. The molecule has 0 atom stereocenters. The van der Waals surface area contributed by atoms with Gasteiger partial charge >= 0.3 is 0 Å². The monoisotopic (exact) mass is 225 g/mol. The Balaban J connectivity index is 2.55. The van der Waals surface area contributed by atoms with E-state index in [1.54, 1.807) is 6.07 Å². The number of nitrogens with two attached hydrogens (primary N) is 1. The molecule has 0 aliphatic rings. The van der Waals surface area contributed by atoms with Crippen molar-refractivity contribution in [3.63, 3.8) is 0 Å². The highest BCUT2D eigenvalue weighted by Gasteiger charge is 2.09. The number of hydrogen-bond donors (Lipinski definition) is 2. The quantitative estimate of drug-likeness (QED) is 0.784. The van der Waals surface area contributed by atoms with Crippen molar-refractivity contribution in [2.75, 3.05) is 5.73 Å². The Kier molecular flexibility index (Phi) is 2.36. The second-order valence-electron chi connectivity index (χ2n) is 3.24. The third-order valence-electron chi connectivity index (χ3n) is 2.26. The summed E-state index contributed by atoms with van der Waals surface area (Å²) < 4.78 is 12.9. The molecular weight excluding hydrogens is 217 g/mol. The number of nitrogens with zero attached hydrogens (tertiary/aromatic N) is 1. The molecule has 1 aromatic heterocycles. The van der Waals surface area contributed by atoms with Gasteiger partial charge in [0.05, 0.1) is 10.7 Å². The lowest BCUT2D eigenvalue weighted by atomic mass is 10.1. The summed E-state index contributed by atoms with van der Waals surface area (Å²) in [6.45, 7) is 1.84. The number of anilines is 1. The molecule has 0 amide bonds. The van der Waals surface area contributed by atoms with E-state index in [2.05, 4.69) is 10.2 Å². The average molecular weight is 226 g/mol. The van der Waals surface area contributed by atoms with Crippen molar-refractivity contribution < 1.29 is 4.39 Å². The maximum atomic E-state index is 12.9. The molecule has 0 unspecified atom stereocenters. The van der Waals surface area contributed by atoms with Crippen molar-refractivity contribution >= 4 is 17.4 Å². The molecule has 0 fully saturated rings. The van der Waals surface area contributed by atoms with E-state index >= 15 is 0 Å². The van der Waals surface area contributed by atoms with Gasteiger partial charge in [-0.05, 0) is 25.1 Å². The van der Waals surface area contributed by atoms with E-state index in [4.69, 9.17) is 17.3 Å². The van der Waals surface area contributed by atoms with Crippen molar-refractivity contribution in [1.29, 1.82) is 0 Å². The van der Waals surface area contributed by atoms with Crippen molar-refractivity contribution in [3.8, 4) is 11.3 Å². The van der Waals surface area contributed by atoms with Gasteiger partial charge in [-0.25, -0.2) is 4.39 Å². The molecule has 2 aromatic rings. The van der Waals surface area contributed by atoms with E-state index in [0.29, 0.717) is 5.82 Å². The van der Waals surface area contributed by atoms with Crippen LogP contribution in [0.4, 0.5) is 10.2 Å². The summed E-state index contributed by atoms with van der Waals surface area (Å²) in [4.78, 5) is 0. The summed E-state index contributed by atoms with van der Waals surface area (Å²) in [6.07, 6.45) is 0. The molecule has 0 radical (unpaired) electrons. The van der Waals surface area contributed by atoms with Crippen LogP contribution in [0.3, 0.4) is 0 Å². The van der Waals surface area contributed by atoms with Crippen LogP contribution in [0.5, 0.6) is 0 Å². The highest BCUT2D eigenvalue weighted by molar-refractivity contribution is 6.31. The number of nitrogens with one attached hydrogen (secondary N) is 1. The molecule has 0 aliphatic heterocycles. The first kappa shape index (κ1) is 9.98. The Labute approximate surface area is 91.1 Å². The minimum absolute atomic E-state index is 0.0834. The number of nitrogen functional groups attached to an aromatic ring is 1. The molecule has 1 aromatic carbocycles. The van der Waals surface area contributed by atoms with Crippen LogP contribution in [0.25, 0.3) is 11.3 Å². The molecule has 2 rings (SSSR count). The van der Waals surface area contributed by atoms with E-state index in [9.17, 15) is 4.39 Å². The number of H-pyrrole nitrogens is 1. The summed E-state index contributed by atoms with van der Waals surface area (Å²) >= 11 is 5.68. The summed E-state index contributed by atoms with van der Waals surface area (Å²) in [5.41, 5.74) is 7.95. The van der Waals surface area contributed by atoms with Crippen LogP contribution in [0.1, 0.15) is 5.56 Å². The summed E-state index contributed by atoms with van der Waals surface area (Å²) in [5.74, 6) is -0.00370. The molecule has 0 spiro atoms. The normalized spacial score (nSPS) is 10.6. The van der Waals surface area contributed by atoms with E-state index < -0.39 is 5.82 Å². The molecule has 0 saturated carbocycles. The van der Waals surface area contributed by atoms with Crippen molar-refractivity contribution in [3.05, 3.63) is 34.6 Å². The zero-order chi connectivity index (χ0) is 11.0. The molecule has 0 aliphatic carbocycles. The van der Waals surface area contributed by atoms with Gasteiger partial charge in [0.1, 0.15) is 11.6 Å². The van der Waals surface area contributed by atoms with Gasteiger partial charge in [0.25, 0.3) is 0 Å². The summed E-state index contributed by atoms with van der Waals surface area (Å²) in [5, 5.41) is 6.72. The predicted molar refractivity (Wildman–Crippen MR) is 58.1 cm³/mol. The zero-order valence-corrected chi connectivity index (χ0v) is 8.77. The Morgan fingerprint density at radius 1 is 1.47 bits per heavy atom. The van der Waals surface area contributed by atoms with Gasteiger partial charge in [0.15, 0.2) is 0 Å². The van der Waals surface area contributed by atoms with Crippen LogP contribution in [0.15, 0.2) is 18.2 Å². The maximum absolute atomic E-state index is 12.9. The lowest BCUT2D eigenvalue weighted by Gasteiger charge is -2.01. The summed E-state index contributed by atoms with van der Waals surface area (Å²) in [6, 6.07) is 4.48. The van der Waals surface area contributed by atoms with Crippen molar-refractivity contribution in [2.24, 2.45) is 0 Å². The third-order valence-corrected chi connectivity index (χ3v) is 2.55. The van der Waals surface area contributed by atoms with E-state index in [1.165, 1.54) is 12.1 Å². The van der Waals surface area contributed by atoms with Gasteiger partial charge in [-0.15, -0.1) is 0 Å². The largest absolute Gasteiger partial charge is 0.382 e. The Bertz CT molecular complexity index is 507. The van der Waals surface area contributed by atoms with Gasteiger partial charge in [-0.2, -0.15) is 5.10 Å². The fraction of sp³-hybridized carbons (Fsp3) is 0.100. The molecule has 0 saturated heterocycles. The van der Waals surface area contributed by atoms with Gasteiger partial charge < -0.3 is 5.73 Å². The fourth-order valence-corrected chi connectivity index (χ4v) is 1.53. The maximum Gasteiger partial charge on any atom is 0.148 e. The molecule has 78 valence electrons. The minimum atomic E-state index is -0.439. The van der Waals surface area contributed by atoms with Crippen LogP contribution in [0, 0.1) is 12.7 Å². The Morgan fingerprint density at radius 2 is 2.20 bits per heavy atom. The highest BCUT2D eigenvalue weighted by atomic mass is 35.5. The predicted octanol–water partition coefficient (Wildman–Crippen LogP) is 2.76. The Hall–Kier alpha value is -1.55. The number of aromatic amines is 1. The van der Waals surface area contributed by atoms with Crippen molar-refractivity contribution in [1.82, 2.24) is 10.2 Å². The number of hydrogen-bond acceptors (Lipinski definition) is 2. The molecule has 3 N–H and O–H groups in total. The fourth-order valence-electron chi connectivity index (χ4n) is 1.34. The second kappa shape index (κ2) is 3.55. The molecule has 5 heteroatoms. The van der Waals surface area contributed by atoms with Crippen molar-refractivity contribution in [2.45, 2.75) is 6.92 Å². The van der Waals surface area contributed by atoms with Gasteiger partial charge in [0, 0.05) is 11.1 Å². The molecule has 3 nitrogen and oxygen atoms in total. The van der Waals surface area contributed by atoms with E-state index in [1.807, 2.05) is 6.92 Å². The first-order chi connectivity index (χ1) is 7.09. The number of benzene rings is 1. The first-order valence-electron chi connectivity index (χ1n) is 4.35.